The second-order valence-corrected chi connectivity index (χ2v) is 20.0. The van der Waals surface area contributed by atoms with E-state index in [-0.39, 0.29) is 0 Å². The molecular formula is C32H58OSi2. The first kappa shape index (κ1) is 33.8. The molecule has 200 valence electrons. The Morgan fingerprint density at radius 1 is 0.514 bits per heavy atom. The Balaban J connectivity index is 0.000000461. The van der Waals surface area contributed by atoms with Gasteiger partial charge in [-0.15, -0.1) is 0 Å². The Kier molecular flexibility index (Phi) is 15.3. The van der Waals surface area contributed by atoms with Gasteiger partial charge in [-0.25, -0.2) is 0 Å². The normalized spacial score (nSPS) is 21.2. The van der Waals surface area contributed by atoms with Crippen LogP contribution < -0.4 is 0 Å². The summed E-state index contributed by atoms with van der Waals surface area (Å²) in [6.07, 6.45) is 0. The molecule has 0 saturated carbocycles. The second kappa shape index (κ2) is 15.8. The lowest BCUT2D eigenvalue weighted by Crippen LogP contribution is -2.43. The second-order valence-electron chi connectivity index (χ2n) is 10.7. The molecule has 0 aromatic heterocycles. The summed E-state index contributed by atoms with van der Waals surface area (Å²) < 4.78 is 6.20. The van der Waals surface area contributed by atoms with Crippen molar-refractivity contribution in [1.82, 2.24) is 0 Å². The molecule has 0 saturated heterocycles. The van der Waals surface area contributed by atoms with Crippen molar-refractivity contribution in [2.75, 3.05) is 0 Å². The van der Waals surface area contributed by atoms with E-state index in [2.05, 4.69) is 116 Å². The van der Waals surface area contributed by atoms with Crippen molar-refractivity contribution >= 4 is 16.6 Å². The third kappa shape index (κ3) is 9.66. The minimum atomic E-state index is -1.27. The van der Waals surface area contributed by atoms with Gasteiger partial charge in [0.05, 0.1) is 0 Å². The molecule has 1 nitrogen and oxygen atoms in total. The average molecular weight is 515 g/mol. The van der Waals surface area contributed by atoms with Crippen molar-refractivity contribution in [1.29, 1.82) is 0 Å². The lowest BCUT2D eigenvalue weighted by Gasteiger charge is -2.34. The summed E-state index contributed by atoms with van der Waals surface area (Å²) >= 11 is 0. The van der Waals surface area contributed by atoms with Gasteiger partial charge in [0.1, 0.15) is 0 Å². The average Bonchev–Trinajstić information content (AvgIpc) is 2.90. The quantitative estimate of drug-likeness (QED) is 0.368. The van der Waals surface area contributed by atoms with Crippen LogP contribution in [0.15, 0.2) is 48.5 Å². The van der Waals surface area contributed by atoms with Crippen LogP contribution in [0.1, 0.15) is 115 Å². The summed E-state index contributed by atoms with van der Waals surface area (Å²) in [4.78, 5) is 0. The monoisotopic (exact) mass is 514 g/mol. The number of hydrogen-bond acceptors (Lipinski definition) is 1. The Hall–Kier alpha value is -1.17. The first-order valence-corrected chi connectivity index (χ1v) is 20.5. The number of benzene rings is 2. The third-order valence-corrected chi connectivity index (χ3v) is 15.5. The standard InChI is InChI=1S/2C10H12.C8H22OSi2.2C2H6/c2*1-7-8(2)10-6-4-3-5-9(7)10;1-7-10(3,4)9-11(5,6)8-2;2*1-2/h2*3-8H,1-2H3;7-8H2,1-6H3;2*1-2H3. The molecule has 0 heterocycles. The predicted octanol–water partition coefficient (Wildman–Crippen LogP) is 11.3. The van der Waals surface area contributed by atoms with E-state index in [1.165, 1.54) is 12.1 Å². The van der Waals surface area contributed by atoms with Crippen molar-refractivity contribution in [3.05, 3.63) is 70.8 Å². The fraction of sp³-hybridized carbons (Fsp3) is 0.625. The molecule has 0 spiro atoms. The molecule has 4 unspecified atom stereocenters. The largest absolute Gasteiger partial charge is 0.456 e. The van der Waals surface area contributed by atoms with Crippen molar-refractivity contribution in [3.8, 4) is 0 Å². The Labute approximate surface area is 222 Å². The molecule has 2 aromatic carbocycles. The molecule has 4 rings (SSSR count). The van der Waals surface area contributed by atoms with Crippen LogP contribution in [0.25, 0.3) is 0 Å². The molecular weight excluding hydrogens is 457 g/mol. The molecule has 3 heteroatoms. The van der Waals surface area contributed by atoms with Gasteiger partial charge in [0.2, 0.25) is 0 Å². The minimum absolute atomic E-state index is 0.788. The van der Waals surface area contributed by atoms with Crippen LogP contribution in [0.2, 0.25) is 38.3 Å². The van der Waals surface area contributed by atoms with E-state index in [0.717, 1.165) is 23.7 Å². The van der Waals surface area contributed by atoms with Gasteiger partial charge in [0.15, 0.2) is 16.6 Å². The molecule has 4 atom stereocenters. The Bertz CT molecular complexity index is 719. The van der Waals surface area contributed by atoms with Gasteiger partial charge in [-0.1, -0.05) is 118 Å². The van der Waals surface area contributed by atoms with E-state index in [1.807, 2.05) is 27.7 Å². The van der Waals surface area contributed by atoms with Crippen LogP contribution >= 0.6 is 0 Å². The lowest BCUT2D eigenvalue weighted by atomic mass is 9.70. The number of rotatable bonds is 4. The van der Waals surface area contributed by atoms with Crippen LogP contribution in [-0.2, 0) is 4.12 Å². The number of fused-ring (bicyclic) bond motifs is 2. The van der Waals surface area contributed by atoms with Crippen molar-refractivity contribution < 1.29 is 4.12 Å². The van der Waals surface area contributed by atoms with Gasteiger partial charge < -0.3 is 4.12 Å². The highest BCUT2D eigenvalue weighted by molar-refractivity contribution is 6.84. The highest BCUT2D eigenvalue weighted by Crippen LogP contribution is 2.46. The summed E-state index contributed by atoms with van der Waals surface area (Å²) in [5.41, 5.74) is 6.20. The molecule has 0 radical (unpaired) electrons. The van der Waals surface area contributed by atoms with Crippen molar-refractivity contribution in [2.24, 2.45) is 0 Å². The molecule has 0 aliphatic heterocycles. The van der Waals surface area contributed by atoms with Crippen molar-refractivity contribution in [2.45, 2.75) is 131 Å². The van der Waals surface area contributed by atoms with E-state index in [0.29, 0.717) is 0 Å². The Morgan fingerprint density at radius 3 is 0.886 bits per heavy atom. The number of hydrogen-bond donors (Lipinski definition) is 0. The van der Waals surface area contributed by atoms with E-state index in [1.54, 1.807) is 22.3 Å². The first-order valence-electron chi connectivity index (χ1n) is 14.3. The maximum Gasteiger partial charge on any atom is 0.173 e. The zero-order valence-electron chi connectivity index (χ0n) is 25.8. The first-order chi connectivity index (χ1) is 16.4. The van der Waals surface area contributed by atoms with Gasteiger partial charge >= 0.3 is 0 Å². The molecule has 35 heavy (non-hydrogen) atoms. The van der Waals surface area contributed by atoms with Gasteiger partial charge in [-0.3, -0.25) is 0 Å². The maximum absolute atomic E-state index is 6.20. The van der Waals surface area contributed by atoms with E-state index in [4.69, 9.17) is 4.12 Å². The van der Waals surface area contributed by atoms with Gasteiger partial charge in [-0.2, -0.15) is 0 Å². The van der Waals surface area contributed by atoms with Crippen LogP contribution in [-0.4, -0.2) is 16.6 Å². The highest BCUT2D eigenvalue weighted by atomic mass is 28.4. The smallest absolute Gasteiger partial charge is 0.173 e. The molecule has 2 aliphatic carbocycles. The summed E-state index contributed by atoms with van der Waals surface area (Å²) in [6.45, 7) is 30.9. The summed E-state index contributed by atoms with van der Waals surface area (Å²) in [7, 11) is -2.54. The maximum atomic E-state index is 6.20. The SMILES string of the molecule is CC.CC.CC1c2ccccc2C1C.CC1c2ccccc2C1C.CC[Si](C)(C)O[Si](C)(C)CC. The van der Waals surface area contributed by atoms with E-state index >= 15 is 0 Å². The zero-order chi connectivity index (χ0) is 27.4. The van der Waals surface area contributed by atoms with Crippen LogP contribution in [0.3, 0.4) is 0 Å². The predicted molar refractivity (Wildman–Crippen MR) is 166 cm³/mol. The third-order valence-electron chi connectivity index (χ3n) is 7.71. The summed E-state index contributed by atoms with van der Waals surface area (Å²) in [5.74, 6) is 3.15. The zero-order valence-corrected chi connectivity index (χ0v) is 27.8. The summed E-state index contributed by atoms with van der Waals surface area (Å²) in [5, 5.41) is 0. The van der Waals surface area contributed by atoms with Crippen LogP contribution in [0.5, 0.6) is 0 Å². The van der Waals surface area contributed by atoms with Crippen LogP contribution in [0.4, 0.5) is 0 Å². The molecule has 0 amide bonds. The molecule has 2 aliphatic rings. The topological polar surface area (TPSA) is 9.23 Å². The van der Waals surface area contributed by atoms with Gasteiger partial charge in [0, 0.05) is 0 Å². The minimum Gasteiger partial charge on any atom is -0.456 e. The van der Waals surface area contributed by atoms with Crippen LogP contribution in [0, 0.1) is 0 Å². The van der Waals surface area contributed by atoms with E-state index in [9.17, 15) is 0 Å². The lowest BCUT2D eigenvalue weighted by molar-refractivity contribution is 0.542. The fourth-order valence-corrected chi connectivity index (χ4v) is 11.6. The highest BCUT2D eigenvalue weighted by Gasteiger charge is 2.30. The molecule has 0 fully saturated rings. The van der Waals surface area contributed by atoms with Gasteiger partial charge in [-0.05, 0) is 84.2 Å². The summed E-state index contributed by atoms with van der Waals surface area (Å²) in [6, 6.07) is 19.9. The van der Waals surface area contributed by atoms with E-state index < -0.39 is 16.6 Å². The fourth-order valence-electron chi connectivity index (χ4n) is 4.46. The van der Waals surface area contributed by atoms with Gasteiger partial charge in [0.25, 0.3) is 0 Å². The molecule has 0 N–H and O–H groups in total. The Morgan fingerprint density at radius 2 is 0.714 bits per heavy atom. The molecule has 2 aromatic rings. The molecule has 0 bridgehead atoms. The van der Waals surface area contributed by atoms with Crippen molar-refractivity contribution in [3.63, 3.8) is 0 Å².